The zero-order valence-corrected chi connectivity index (χ0v) is 21.9. The van der Waals surface area contributed by atoms with Crippen LogP contribution in [0, 0.1) is 20.8 Å². The van der Waals surface area contributed by atoms with Gasteiger partial charge in [-0.3, -0.25) is 9.69 Å². The van der Waals surface area contributed by atoms with Crippen LogP contribution < -0.4 is 4.90 Å². The molecule has 1 amide bonds. The van der Waals surface area contributed by atoms with Crippen molar-refractivity contribution in [2.45, 2.75) is 58.4 Å². The fraction of sp³-hybridized carbons (Fsp3) is 0.320. The third-order valence-corrected chi connectivity index (χ3v) is 7.33. The van der Waals surface area contributed by atoms with Gasteiger partial charge in [0.05, 0.1) is 17.1 Å². The quantitative estimate of drug-likeness (QED) is 0.288. The number of carbonyl (C=O) groups is 1. The molecule has 0 aliphatic rings. The van der Waals surface area contributed by atoms with E-state index < -0.39 is 0 Å². The summed E-state index contributed by atoms with van der Waals surface area (Å²) in [5, 5.41) is 15.6. The van der Waals surface area contributed by atoms with Crippen LogP contribution in [0.4, 0.5) is 10.8 Å². The third kappa shape index (κ3) is 5.05. The van der Waals surface area contributed by atoms with Crippen molar-refractivity contribution in [1.29, 1.82) is 0 Å². The molecule has 0 N–H and O–H groups in total. The molecule has 7 nitrogen and oxygen atoms in total. The Morgan fingerprint density at radius 2 is 1.79 bits per heavy atom. The Hall–Kier alpha value is -3.04. The second kappa shape index (κ2) is 10.1. The highest BCUT2D eigenvalue weighted by Gasteiger charge is 2.22. The molecule has 0 unspecified atom stereocenters. The molecule has 2 aromatic heterocycles. The molecule has 0 spiro atoms. The van der Waals surface area contributed by atoms with Crippen LogP contribution in [0.2, 0.25) is 0 Å². The first-order chi connectivity index (χ1) is 16.2. The van der Waals surface area contributed by atoms with Gasteiger partial charge in [-0.1, -0.05) is 55.4 Å². The molecule has 4 aromatic rings. The highest BCUT2D eigenvalue weighted by molar-refractivity contribution is 7.98. The lowest BCUT2D eigenvalue weighted by Gasteiger charge is -2.23. The molecule has 2 aromatic carbocycles. The number of tetrazole rings is 1. The van der Waals surface area contributed by atoms with Crippen molar-refractivity contribution in [2.75, 3.05) is 4.90 Å². The van der Waals surface area contributed by atoms with Crippen LogP contribution in [0.5, 0.6) is 0 Å². The zero-order chi connectivity index (χ0) is 24.4. The second-order valence-electron chi connectivity index (χ2n) is 8.63. The van der Waals surface area contributed by atoms with E-state index in [9.17, 15) is 4.79 Å². The lowest BCUT2D eigenvalue weighted by atomic mass is 10.0. The predicted octanol–water partition coefficient (Wildman–Crippen LogP) is 6.14. The maximum Gasteiger partial charge on any atom is 0.230 e. The largest absolute Gasteiger partial charge is 0.274 e. The average Bonchev–Trinajstić information content (AvgIpc) is 3.44. The molecule has 0 fully saturated rings. The molecule has 0 saturated heterocycles. The molecule has 4 rings (SSSR count). The van der Waals surface area contributed by atoms with Crippen molar-refractivity contribution in [2.24, 2.45) is 0 Å². The smallest absolute Gasteiger partial charge is 0.230 e. The molecule has 0 aliphatic heterocycles. The fourth-order valence-electron chi connectivity index (χ4n) is 3.95. The van der Waals surface area contributed by atoms with Gasteiger partial charge in [-0.25, -0.2) is 4.98 Å². The predicted molar refractivity (Wildman–Crippen MR) is 138 cm³/mol. The lowest BCUT2D eigenvalue weighted by Crippen LogP contribution is -2.24. The summed E-state index contributed by atoms with van der Waals surface area (Å²) in [7, 11) is 0. The zero-order valence-electron chi connectivity index (χ0n) is 20.2. The summed E-state index contributed by atoms with van der Waals surface area (Å²) in [4.78, 5) is 19.1. The van der Waals surface area contributed by atoms with Gasteiger partial charge >= 0.3 is 0 Å². The standard InChI is InChI=1S/C25H28N6OS2/c1-15(2)20-7-9-22(10-8-20)31-25(27-28-29-31)34-14-21-13-33-24(26-21)30(19(6)32)23-17(4)11-16(3)12-18(23)5/h7-13,15H,14H2,1-6H3. The number of rotatable bonds is 7. The second-order valence-corrected chi connectivity index (χ2v) is 10.4. The molecular weight excluding hydrogens is 464 g/mol. The van der Waals surface area contributed by atoms with Crippen molar-refractivity contribution >= 4 is 39.8 Å². The van der Waals surface area contributed by atoms with Crippen molar-refractivity contribution in [3.05, 3.63) is 69.7 Å². The molecule has 176 valence electrons. The maximum absolute atomic E-state index is 12.6. The van der Waals surface area contributed by atoms with E-state index in [1.807, 2.05) is 31.4 Å². The number of aryl methyl sites for hydroxylation is 3. The Bertz CT molecular complexity index is 1290. The number of nitrogens with zero attached hydrogens (tertiary/aromatic N) is 6. The summed E-state index contributed by atoms with van der Waals surface area (Å²) in [6.45, 7) is 12.0. The van der Waals surface area contributed by atoms with E-state index in [0.717, 1.165) is 28.2 Å². The van der Waals surface area contributed by atoms with Crippen molar-refractivity contribution in [1.82, 2.24) is 25.2 Å². The van der Waals surface area contributed by atoms with Crippen molar-refractivity contribution in [3.63, 3.8) is 0 Å². The number of thioether (sulfide) groups is 1. The van der Waals surface area contributed by atoms with E-state index in [4.69, 9.17) is 4.98 Å². The van der Waals surface area contributed by atoms with Gasteiger partial charge in [0.25, 0.3) is 0 Å². The molecule has 2 heterocycles. The van der Waals surface area contributed by atoms with Gasteiger partial charge in [0.15, 0.2) is 5.13 Å². The van der Waals surface area contributed by atoms with Crippen LogP contribution in [0.25, 0.3) is 5.69 Å². The van der Waals surface area contributed by atoms with E-state index in [1.165, 1.54) is 34.2 Å². The first-order valence-electron chi connectivity index (χ1n) is 11.1. The molecular formula is C25H28N6OS2. The van der Waals surface area contributed by atoms with Crippen LogP contribution in [-0.4, -0.2) is 31.1 Å². The third-order valence-electron chi connectivity index (χ3n) is 5.50. The Balaban J connectivity index is 1.53. The number of hydrogen-bond acceptors (Lipinski definition) is 7. The molecule has 0 saturated carbocycles. The number of anilines is 2. The molecule has 9 heteroatoms. The van der Waals surface area contributed by atoms with E-state index in [1.54, 1.807) is 16.5 Å². The number of amides is 1. The Morgan fingerprint density at radius 1 is 1.12 bits per heavy atom. The summed E-state index contributed by atoms with van der Waals surface area (Å²) in [6.07, 6.45) is 0. The van der Waals surface area contributed by atoms with Crippen molar-refractivity contribution < 1.29 is 4.79 Å². The summed E-state index contributed by atoms with van der Waals surface area (Å²) >= 11 is 2.98. The number of aromatic nitrogens is 5. The van der Waals surface area contributed by atoms with Gasteiger partial charge in [0, 0.05) is 18.1 Å². The average molecular weight is 493 g/mol. The topological polar surface area (TPSA) is 76.8 Å². The molecule has 0 bridgehead atoms. The first kappa shape index (κ1) is 24.1. The number of benzene rings is 2. The van der Waals surface area contributed by atoms with Crippen molar-refractivity contribution in [3.8, 4) is 5.69 Å². The van der Waals surface area contributed by atoms with Gasteiger partial charge in [-0.15, -0.1) is 16.4 Å². The fourth-order valence-corrected chi connectivity index (χ4v) is 5.71. The monoisotopic (exact) mass is 492 g/mol. The lowest BCUT2D eigenvalue weighted by molar-refractivity contribution is -0.115. The highest BCUT2D eigenvalue weighted by Crippen LogP contribution is 2.35. The number of hydrogen-bond donors (Lipinski definition) is 0. The minimum atomic E-state index is -0.0580. The summed E-state index contributed by atoms with van der Waals surface area (Å²) < 4.78 is 1.74. The Labute approximate surface area is 208 Å². The molecule has 0 radical (unpaired) electrons. The highest BCUT2D eigenvalue weighted by atomic mass is 32.2. The van der Waals surface area contributed by atoms with E-state index in [-0.39, 0.29) is 5.91 Å². The number of carbonyl (C=O) groups excluding carboxylic acids is 1. The van der Waals surface area contributed by atoms with Gasteiger partial charge in [0.1, 0.15) is 0 Å². The van der Waals surface area contributed by atoms with Gasteiger partial charge < -0.3 is 0 Å². The van der Waals surface area contributed by atoms with Crippen LogP contribution in [0.3, 0.4) is 0 Å². The van der Waals surface area contributed by atoms with Crippen LogP contribution in [0.15, 0.2) is 46.9 Å². The Morgan fingerprint density at radius 3 is 2.41 bits per heavy atom. The first-order valence-corrected chi connectivity index (χ1v) is 13.0. The summed E-state index contributed by atoms with van der Waals surface area (Å²) in [6, 6.07) is 12.5. The van der Waals surface area contributed by atoms with E-state index in [2.05, 4.69) is 60.6 Å². The Kier molecular flexibility index (Phi) is 7.13. The normalized spacial score (nSPS) is 11.3. The maximum atomic E-state index is 12.6. The number of thiazole rings is 1. The van der Waals surface area contributed by atoms with Crippen LogP contribution in [-0.2, 0) is 10.5 Å². The van der Waals surface area contributed by atoms with Gasteiger partial charge in [-0.05, 0) is 65.9 Å². The SMILES string of the molecule is CC(=O)N(c1nc(CSc2nnnn2-c2ccc(C(C)C)cc2)cs1)c1c(C)cc(C)cc1C. The minimum Gasteiger partial charge on any atom is -0.274 e. The van der Waals surface area contributed by atoms with E-state index >= 15 is 0 Å². The molecule has 0 aliphatic carbocycles. The summed E-state index contributed by atoms with van der Waals surface area (Å²) in [5.41, 5.74) is 7.26. The minimum absolute atomic E-state index is 0.0580. The van der Waals surface area contributed by atoms with Crippen LogP contribution >= 0.6 is 23.1 Å². The molecule has 0 atom stereocenters. The van der Waals surface area contributed by atoms with Gasteiger partial charge in [0.2, 0.25) is 11.1 Å². The van der Waals surface area contributed by atoms with Gasteiger partial charge in [-0.2, -0.15) is 4.68 Å². The van der Waals surface area contributed by atoms with E-state index in [0.29, 0.717) is 22.0 Å². The van der Waals surface area contributed by atoms with Crippen LogP contribution in [0.1, 0.15) is 54.6 Å². The summed E-state index contributed by atoms with van der Waals surface area (Å²) in [5.74, 6) is 1.01. The molecule has 34 heavy (non-hydrogen) atoms.